The Labute approximate surface area is 106 Å². The van der Waals surface area contributed by atoms with Crippen molar-refractivity contribution in [3.05, 3.63) is 35.9 Å². The van der Waals surface area contributed by atoms with Gasteiger partial charge in [0.2, 0.25) is 0 Å². The molecule has 0 radical (unpaired) electrons. The summed E-state index contributed by atoms with van der Waals surface area (Å²) < 4.78 is 0. The second kappa shape index (κ2) is 6.20. The van der Waals surface area contributed by atoms with Gasteiger partial charge in [-0.3, -0.25) is 0 Å². The van der Waals surface area contributed by atoms with Crippen molar-refractivity contribution in [2.45, 2.75) is 58.0 Å². The lowest BCUT2D eigenvalue weighted by Crippen LogP contribution is -2.40. The molecule has 0 aliphatic heterocycles. The first-order valence-corrected chi connectivity index (χ1v) is 7.09. The Hall–Kier alpha value is -0.820. The van der Waals surface area contributed by atoms with Crippen LogP contribution in [-0.2, 0) is 6.42 Å². The lowest BCUT2D eigenvalue weighted by molar-refractivity contribution is 0.362. The molecule has 1 aromatic rings. The summed E-state index contributed by atoms with van der Waals surface area (Å²) in [5.74, 6) is 0.861. The highest BCUT2D eigenvalue weighted by atomic mass is 15.0. The molecule has 1 saturated carbocycles. The van der Waals surface area contributed by atoms with E-state index in [2.05, 4.69) is 49.5 Å². The molecular weight excluding hydrogens is 206 g/mol. The zero-order valence-electron chi connectivity index (χ0n) is 11.2. The maximum atomic E-state index is 3.86. The van der Waals surface area contributed by atoms with Crippen LogP contribution < -0.4 is 5.32 Å². The standard InChI is InChI=1S/C16H25N/c1-3-15(12-14-9-5-4-6-10-14)17-16-11-7-8-13(16)2/h4-6,9-10,13,15-17H,3,7-8,11-12H2,1-2H3. The first-order valence-electron chi connectivity index (χ1n) is 7.09. The van der Waals surface area contributed by atoms with Crippen LogP contribution in [0.5, 0.6) is 0 Å². The van der Waals surface area contributed by atoms with Gasteiger partial charge in [-0.05, 0) is 37.2 Å². The largest absolute Gasteiger partial charge is 0.311 e. The van der Waals surface area contributed by atoms with Gasteiger partial charge in [-0.25, -0.2) is 0 Å². The Morgan fingerprint density at radius 2 is 2.00 bits per heavy atom. The molecule has 0 aromatic heterocycles. The quantitative estimate of drug-likeness (QED) is 0.813. The molecule has 2 rings (SSSR count). The summed E-state index contributed by atoms with van der Waals surface area (Å²) in [6, 6.07) is 12.2. The molecule has 0 spiro atoms. The lowest BCUT2D eigenvalue weighted by atomic mass is 10.00. The van der Waals surface area contributed by atoms with Gasteiger partial charge in [0.15, 0.2) is 0 Å². The van der Waals surface area contributed by atoms with Crippen LogP contribution in [0.25, 0.3) is 0 Å². The fraction of sp³-hybridized carbons (Fsp3) is 0.625. The smallest absolute Gasteiger partial charge is 0.0108 e. The Bertz CT molecular complexity index is 320. The molecular formula is C16H25N. The van der Waals surface area contributed by atoms with Crippen molar-refractivity contribution in [3.8, 4) is 0 Å². The Kier molecular flexibility index (Phi) is 4.61. The van der Waals surface area contributed by atoms with E-state index in [0.29, 0.717) is 6.04 Å². The fourth-order valence-electron chi connectivity index (χ4n) is 2.92. The molecule has 1 nitrogen and oxygen atoms in total. The van der Waals surface area contributed by atoms with E-state index in [0.717, 1.165) is 12.0 Å². The molecule has 0 saturated heterocycles. The number of benzene rings is 1. The SMILES string of the molecule is CCC(Cc1ccccc1)NC1CCCC1C. The highest BCUT2D eigenvalue weighted by Crippen LogP contribution is 2.25. The van der Waals surface area contributed by atoms with Crippen LogP contribution in [0.4, 0.5) is 0 Å². The van der Waals surface area contributed by atoms with E-state index in [1.54, 1.807) is 0 Å². The maximum Gasteiger partial charge on any atom is 0.0108 e. The minimum Gasteiger partial charge on any atom is -0.311 e. The van der Waals surface area contributed by atoms with Crippen molar-refractivity contribution in [3.63, 3.8) is 0 Å². The maximum absolute atomic E-state index is 3.86. The van der Waals surface area contributed by atoms with Gasteiger partial charge in [0.05, 0.1) is 0 Å². The first-order chi connectivity index (χ1) is 8.29. The van der Waals surface area contributed by atoms with Gasteiger partial charge in [-0.15, -0.1) is 0 Å². The molecule has 0 bridgehead atoms. The van der Waals surface area contributed by atoms with Crippen molar-refractivity contribution in [1.29, 1.82) is 0 Å². The van der Waals surface area contributed by atoms with Crippen molar-refractivity contribution in [2.24, 2.45) is 5.92 Å². The van der Waals surface area contributed by atoms with Gasteiger partial charge in [0, 0.05) is 12.1 Å². The summed E-state index contributed by atoms with van der Waals surface area (Å²) in [5.41, 5.74) is 1.46. The van der Waals surface area contributed by atoms with Crippen LogP contribution in [0.2, 0.25) is 0 Å². The summed E-state index contributed by atoms with van der Waals surface area (Å²) in [4.78, 5) is 0. The number of hydrogen-bond acceptors (Lipinski definition) is 1. The average Bonchev–Trinajstić information content (AvgIpc) is 2.75. The number of rotatable bonds is 5. The number of nitrogens with one attached hydrogen (secondary N) is 1. The van der Waals surface area contributed by atoms with Crippen molar-refractivity contribution >= 4 is 0 Å². The van der Waals surface area contributed by atoms with E-state index < -0.39 is 0 Å². The molecule has 0 amide bonds. The van der Waals surface area contributed by atoms with Crippen LogP contribution >= 0.6 is 0 Å². The molecule has 1 fully saturated rings. The predicted molar refractivity (Wildman–Crippen MR) is 74.2 cm³/mol. The van der Waals surface area contributed by atoms with E-state index in [4.69, 9.17) is 0 Å². The average molecular weight is 231 g/mol. The molecule has 1 N–H and O–H groups in total. The minimum atomic E-state index is 0.642. The van der Waals surface area contributed by atoms with Crippen molar-refractivity contribution in [2.75, 3.05) is 0 Å². The Morgan fingerprint density at radius 3 is 2.59 bits per heavy atom. The van der Waals surface area contributed by atoms with Gasteiger partial charge in [0.25, 0.3) is 0 Å². The zero-order valence-corrected chi connectivity index (χ0v) is 11.2. The summed E-state index contributed by atoms with van der Waals surface area (Å²) in [5, 5.41) is 3.86. The van der Waals surface area contributed by atoms with Gasteiger partial charge in [0.1, 0.15) is 0 Å². The third-order valence-corrected chi connectivity index (χ3v) is 4.13. The van der Waals surface area contributed by atoms with Gasteiger partial charge in [-0.2, -0.15) is 0 Å². The van der Waals surface area contributed by atoms with Crippen molar-refractivity contribution < 1.29 is 0 Å². The second-order valence-electron chi connectivity index (χ2n) is 5.48. The zero-order chi connectivity index (χ0) is 12.1. The fourth-order valence-corrected chi connectivity index (χ4v) is 2.92. The molecule has 1 aliphatic carbocycles. The summed E-state index contributed by atoms with van der Waals surface area (Å²) in [6.45, 7) is 4.68. The molecule has 1 heteroatoms. The lowest BCUT2D eigenvalue weighted by Gasteiger charge is -2.25. The van der Waals surface area contributed by atoms with Crippen LogP contribution in [0, 0.1) is 5.92 Å². The van der Waals surface area contributed by atoms with Crippen LogP contribution in [-0.4, -0.2) is 12.1 Å². The normalized spacial score (nSPS) is 26.0. The third-order valence-electron chi connectivity index (χ3n) is 4.13. The van der Waals surface area contributed by atoms with E-state index in [9.17, 15) is 0 Å². The molecule has 3 atom stereocenters. The van der Waals surface area contributed by atoms with Crippen LogP contribution in [0.1, 0.15) is 45.1 Å². The molecule has 3 unspecified atom stereocenters. The van der Waals surface area contributed by atoms with E-state index in [1.165, 1.54) is 37.7 Å². The highest BCUT2D eigenvalue weighted by Gasteiger charge is 2.24. The van der Waals surface area contributed by atoms with Crippen LogP contribution in [0.3, 0.4) is 0 Å². The van der Waals surface area contributed by atoms with Gasteiger partial charge in [-0.1, -0.05) is 50.6 Å². The summed E-state index contributed by atoms with van der Waals surface area (Å²) in [6.07, 6.45) is 6.56. The monoisotopic (exact) mass is 231 g/mol. The summed E-state index contributed by atoms with van der Waals surface area (Å²) in [7, 11) is 0. The first kappa shape index (κ1) is 12.6. The molecule has 1 aromatic carbocycles. The van der Waals surface area contributed by atoms with Crippen LogP contribution in [0.15, 0.2) is 30.3 Å². The topological polar surface area (TPSA) is 12.0 Å². The molecule has 1 aliphatic rings. The van der Waals surface area contributed by atoms with Crippen molar-refractivity contribution in [1.82, 2.24) is 5.32 Å². The van der Waals surface area contributed by atoms with Gasteiger partial charge < -0.3 is 5.32 Å². The second-order valence-corrected chi connectivity index (χ2v) is 5.48. The Balaban J connectivity index is 1.88. The number of hydrogen-bond donors (Lipinski definition) is 1. The summed E-state index contributed by atoms with van der Waals surface area (Å²) >= 11 is 0. The van der Waals surface area contributed by atoms with E-state index in [-0.39, 0.29) is 0 Å². The molecule has 0 heterocycles. The van der Waals surface area contributed by atoms with Gasteiger partial charge >= 0.3 is 0 Å². The highest BCUT2D eigenvalue weighted by molar-refractivity contribution is 5.15. The predicted octanol–water partition coefficient (Wildman–Crippen LogP) is 3.79. The molecule has 17 heavy (non-hydrogen) atoms. The van der Waals surface area contributed by atoms with E-state index >= 15 is 0 Å². The van der Waals surface area contributed by atoms with E-state index in [1.807, 2.05) is 0 Å². The Morgan fingerprint density at radius 1 is 1.24 bits per heavy atom. The molecule has 94 valence electrons. The third kappa shape index (κ3) is 3.57. The minimum absolute atomic E-state index is 0.642.